The summed E-state index contributed by atoms with van der Waals surface area (Å²) < 4.78 is 18.7. The van der Waals surface area contributed by atoms with Gasteiger partial charge in [-0.05, 0) is 54.3 Å². The summed E-state index contributed by atoms with van der Waals surface area (Å²) in [6.07, 6.45) is 0.589. The number of aryl methyl sites for hydroxylation is 1. The van der Waals surface area contributed by atoms with Crippen LogP contribution in [0.1, 0.15) is 22.7 Å². The molecule has 3 nitrogen and oxygen atoms in total. The van der Waals surface area contributed by atoms with Crippen LogP contribution in [-0.4, -0.2) is 7.11 Å². The molecular formula is C16H18ClFN2O. The predicted octanol–water partition coefficient (Wildman–Crippen LogP) is 3.54. The Balaban J connectivity index is 2.30. The maximum Gasteiger partial charge on any atom is 0.126 e. The molecule has 0 bridgehead atoms. The second kappa shape index (κ2) is 6.89. The number of ether oxygens (including phenoxy) is 1. The summed E-state index contributed by atoms with van der Waals surface area (Å²) in [6.45, 7) is 1.73. The van der Waals surface area contributed by atoms with Gasteiger partial charge in [0.05, 0.1) is 13.2 Å². The van der Waals surface area contributed by atoms with Gasteiger partial charge in [-0.25, -0.2) is 4.39 Å². The highest BCUT2D eigenvalue weighted by Crippen LogP contribution is 2.28. The summed E-state index contributed by atoms with van der Waals surface area (Å²) in [5, 5.41) is 0.636. The lowest BCUT2D eigenvalue weighted by Crippen LogP contribution is -2.29. The first kappa shape index (κ1) is 15.8. The van der Waals surface area contributed by atoms with Gasteiger partial charge in [-0.3, -0.25) is 11.3 Å². The fourth-order valence-electron chi connectivity index (χ4n) is 2.28. The monoisotopic (exact) mass is 308 g/mol. The van der Waals surface area contributed by atoms with Crippen LogP contribution >= 0.6 is 11.6 Å². The second-order valence-corrected chi connectivity index (χ2v) is 5.32. The number of halogens is 2. The zero-order valence-electron chi connectivity index (χ0n) is 12.0. The molecule has 0 heterocycles. The van der Waals surface area contributed by atoms with E-state index in [0.29, 0.717) is 17.0 Å². The van der Waals surface area contributed by atoms with Gasteiger partial charge in [0, 0.05) is 5.02 Å². The zero-order chi connectivity index (χ0) is 15.4. The van der Waals surface area contributed by atoms with Gasteiger partial charge in [0.2, 0.25) is 0 Å². The van der Waals surface area contributed by atoms with E-state index >= 15 is 0 Å². The molecule has 2 aromatic carbocycles. The molecule has 2 aromatic rings. The van der Waals surface area contributed by atoms with E-state index in [1.807, 2.05) is 12.1 Å². The fraction of sp³-hybridized carbons (Fsp3) is 0.250. The molecule has 21 heavy (non-hydrogen) atoms. The van der Waals surface area contributed by atoms with Crippen molar-refractivity contribution in [2.45, 2.75) is 19.4 Å². The lowest BCUT2D eigenvalue weighted by atomic mass is 9.97. The summed E-state index contributed by atoms with van der Waals surface area (Å²) >= 11 is 6.04. The van der Waals surface area contributed by atoms with Crippen molar-refractivity contribution >= 4 is 11.6 Å². The number of methoxy groups -OCH3 is 1. The smallest absolute Gasteiger partial charge is 0.126 e. The first-order valence-electron chi connectivity index (χ1n) is 6.59. The minimum absolute atomic E-state index is 0.156. The zero-order valence-corrected chi connectivity index (χ0v) is 12.7. The molecule has 112 valence electrons. The van der Waals surface area contributed by atoms with Crippen LogP contribution < -0.4 is 16.0 Å². The number of rotatable bonds is 5. The molecule has 1 unspecified atom stereocenters. The number of nitrogens with one attached hydrogen (secondary N) is 1. The van der Waals surface area contributed by atoms with Crippen molar-refractivity contribution in [2.75, 3.05) is 7.11 Å². The molecule has 0 aliphatic heterocycles. The second-order valence-electron chi connectivity index (χ2n) is 4.89. The molecular weight excluding hydrogens is 291 g/mol. The number of hydrogen-bond donors (Lipinski definition) is 2. The number of benzene rings is 2. The summed E-state index contributed by atoms with van der Waals surface area (Å²) in [6, 6.07) is 10.3. The van der Waals surface area contributed by atoms with Crippen LogP contribution in [0.15, 0.2) is 36.4 Å². The highest BCUT2D eigenvalue weighted by Gasteiger charge is 2.15. The Bertz CT molecular complexity index is 634. The Kier molecular flexibility index (Phi) is 5.17. The molecule has 0 saturated carbocycles. The summed E-state index contributed by atoms with van der Waals surface area (Å²) in [5.74, 6) is 6.17. The molecule has 0 saturated heterocycles. The lowest BCUT2D eigenvalue weighted by Gasteiger charge is -2.19. The predicted molar refractivity (Wildman–Crippen MR) is 82.9 cm³/mol. The van der Waals surface area contributed by atoms with E-state index < -0.39 is 0 Å². The van der Waals surface area contributed by atoms with Crippen LogP contribution in [0.3, 0.4) is 0 Å². The molecule has 1 atom stereocenters. The Hall–Kier alpha value is -1.62. The average molecular weight is 309 g/mol. The van der Waals surface area contributed by atoms with E-state index in [2.05, 4.69) is 5.43 Å². The quantitative estimate of drug-likeness (QED) is 0.656. The highest BCUT2D eigenvalue weighted by molar-refractivity contribution is 6.30. The largest absolute Gasteiger partial charge is 0.496 e. The van der Waals surface area contributed by atoms with Gasteiger partial charge in [0.1, 0.15) is 11.6 Å². The molecule has 0 fully saturated rings. The summed E-state index contributed by atoms with van der Waals surface area (Å²) in [5.41, 5.74) is 5.21. The fourth-order valence-corrected chi connectivity index (χ4v) is 2.48. The van der Waals surface area contributed by atoms with E-state index in [9.17, 15) is 4.39 Å². The van der Waals surface area contributed by atoms with Gasteiger partial charge in [-0.15, -0.1) is 0 Å². The van der Waals surface area contributed by atoms with Crippen molar-refractivity contribution < 1.29 is 9.13 Å². The minimum atomic E-state index is -0.227. The number of nitrogens with two attached hydrogens (primary N) is 1. The molecule has 0 aliphatic carbocycles. The van der Waals surface area contributed by atoms with Crippen LogP contribution in [-0.2, 0) is 6.42 Å². The van der Waals surface area contributed by atoms with Crippen LogP contribution in [0.2, 0.25) is 5.02 Å². The van der Waals surface area contributed by atoms with E-state index in [4.69, 9.17) is 22.2 Å². The lowest BCUT2D eigenvalue weighted by molar-refractivity contribution is 0.405. The maximum atomic E-state index is 13.4. The van der Waals surface area contributed by atoms with Crippen molar-refractivity contribution in [3.05, 3.63) is 63.9 Å². The maximum absolute atomic E-state index is 13.4. The third kappa shape index (κ3) is 3.73. The van der Waals surface area contributed by atoms with Gasteiger partial charge < -0.3 is 4.74 Å². The number of hydrogen-bond acceptors (Lipinski definition) is 3. The van der Waals surface area contributed by atoms with Crippen molar-refractivity contribution in [1.82, 2.24) is 5.43 Å². The van der Waals surface area contributed by atoms with Crippen LogP contribution in [0.4, 0.5) is 4.39 Å². The SMILES string of the molecule is COc1ccc(Cl)cc1CC(NN)c1ccc(F)c(C)c1. The van der Waals surface area contributed by atoms with Gasteiger partial charge in [0.25, 0.3) is 0 Å². The van der Waals surface area contributed by atoms with Crippen LogP contribution in [0, 0.1) is 12.7 Å². The summed E-state index contributed by atoms with van der Waals surface area (Å²) in [4.78, 5) is 0. The van der Waals surface area contributed by atoms with E-state index in [1.165, 1.54) is 6.07 Å². The molecule has 0 aromatic heterocycles. The van der Waals surface area contributed by atoms with E-state index in [-0.39, 0.29) is 11.9 Å². The third-order valence-corrected chi connectivity index (χ3v) is 3.69. The first-order chi connectivity index (χ1) is 10.0. The Morgan fingerprint density at radius 2 is 2.05 bits per heavy atom. The Labute approximate surface area is 128 Å². The van der Waals surface area contributed by atoms with Gasteiger partial charge in [0.15, 0.2) is 0 Å². The molecule has 2 rings (SSSR count). The summed E-state index contributed by atoms with van der Waals surface area (Å²) in [7, 11) is 1.61. The standard InChI is InChI=1S/C16H18ClFN2O/c1-10-7-11(3-5-14(10)18)15(20-19)9-12-8-13(17)4-6-16(12)21-2/h3-8,15,20H,9,19H2,1-2H3. The molecule has 0 radical (unpaired) electrons. The van der Waals surface area contributed by atoms with Crippen LogP contribution in [0.25, 0.3) is 0 Å². The number of hydrazine groups is 1. The topological polar surface area (TPSA) is 47.3 Å². The van der Waals surface area contributed by atoms with Crippen molar-refractivity contribution in [3.63, 3.8) is 0 Å². The van der Waals surface area contributed by atoms with Gasteiger partial charge >= 0.3 is 0 Å². The normalized spacial score (nSPS) is 12.2. The molecule has 0 aliphatic rings. The highest BCUT2D eigenvalue weighted by atomic mass is 35.5. The molecule has 3 N–H and O–H groups in total. The van der Waals surface area contributed by atoms with Crippen molar-refractivity contribution in [2.24, 2.45) is 5.84 Å². The average Bonchev–Trinajstić information content (AvgIpc) is 2.48. The minimum Gasteiger partial charge on any atom is -0.496 e. The van der Waals surface area contributed by atoms with E-state index in [1.54, 1.807) is 32.2 Å². The van der Waals surface area contributed by atoms with Crippen molar-refractivity contribution in [1.29, 1.82) is 0 Å². The van der Waals surface area contributed by atoms with Crippen molar-refractivity contribution in [3.8, 4) is 5.75 Å². The van der Waals surface area contributed by atoms with Crippen LogP contribution in [0.5, 0.6) is 5.75 Å². The Morgan fingerprint density at radius 3 is 2.67 bits per heavy atom. The van der Waals surface area contributed by atoms with Gasteiger partial charge in [-0.2, -0.15) is 0 Å². The van der Waals surface area contributed by atoms with E-state index in [0.717, 1.165) is 16.9 Å². The Morgan fingerprint density at radius 1 is 1.29 bits per heavy atom. The van der Waals surface area contributed by atoms with Gasteiger partial charge in [-0.1, -0.05) is 23.7 Å². The third-order valence-electron chi connectivity index (χ3n) is 3.45. The molecule has 5 heteroatoms. The molecule has 0 amide bonds. The molecule has 0 spiro atoms. The first-order valence-corrected chi connectivity index (χ1v) is 6.97.